The van der Waals surface area contributed by atoms with Crippen molar-refractivity contribution in [2.24, 2.45) is 0 Å². The van der Waals surface area contributed by atoms with Gasteiger partial charge >= 0.3 is 0 Å². The molecule has 0 aliphatic rings. The van der Waals surface area contributed by atoms with Crippen LogP contribution in [0, 0.1) is 17.5 Å². The van der Waals surface area contributed by atoms with Crippen LogP contribution in [0.1, 0.15) is 15.9 Å². The summed E-state index contributed by atoms with van der Waals surface area (Å²) in [6, 6.07) is 8.54. The van der Waals surface area contributed by atoms with Gasteiger partial charge in [0.15, 0.2) is 17.4 Å². The Morgan fingerprint density at radius 2 is 1.72 bits per heavy atom. The van der Waals surface area contributed by atoms with Gasteiger partial charge in [0.1, 0.15) is 5.82 Å². The molecular formula is C14H9F3O. The van der Waals surface area contributed by atoms with Crippen LogP contribution in [0.2, 0.25) is 0 Å². The number of rotatable bonds is 3. The minimum atomic E-state index is -1.07. The second-order valence-corrected chi connectivity index (χ2v) is 3.86. The molecule has 0 heterocycles. The van der Waals surface area contributed by atoms with Crippen LogP contribution in [-0.4, -0.2) is 5.78 Å². The molecule has 0 fully saturated rings. The lowest BCUT2D eigenvalue weighted by atomic mass is 10.0. The lowest BCUT2D eigenvalue weighted by Crippen LogP contribution is -2.04. The number of Topliss-reactive ketones (excluding diaryl/α,β-unsaturated/α-hetero) is 1. The number of benzene rings is 2. The van der Waals surface area contributed by atoms with Crippen LogP contribution in [0.5, 0.6) is 0 Å². The zero-order valence-electron chi connectivity index (χ0n) is 9.29. The smallest absolute Gasteiger partial charge is 0.167 e. The maximum Gasteiger partial charge on any atom is 0.167 e. The van der Waals surface area contributed by atoms with Crippen LogP contribution in [0.25, 0.3) is 0 Å². The molecule has 1 nitrogen and oxygen atoms in total. The predicted octanol–water partition coefficient (Wildman–Crippen LogP) is 3.53. The molecule has 0 spiro atoms. The number of halogens is 3. The molecule has 18 heavy (non-hydrogen) atoms. The molecule has 0 atom stereocenters. The first-order valence-corrected chi connectivity index (χ1v) is 5.29. The van der Waals surface area contributed by atoms with Crippen LogP contribution < -0.4 is 0 Å². The summed E-state index contributed by atoms with van der Waals surface area (Å²) in [5.74, 6) is -2.90. The Morgan fingerprint density at radius 1 is 0.944 bits per heavy atom. The molecule has 2 aromatic rings. The first kappa shape index (κ1) is 12.4. The van der Waals surface area contributed by atoms with Crippen molar-refractivity contribution in [3.8, 4) is 0 Å². The average molecular weight is 250 g/mol. The molecular weight excluding hydrogens is 241 g/mol. The molecule has 4 heteroatoms. The number of carbonyl (C=O) groups excluding carboxylic acids is 1. The van der Waals surface area contributed by atoms with E-state index in [-0.39, 0.29) is 17.8 Å². The van der Waals surface area contributed by atoms with Gasteiger partial charge in [0, 0.05) is 12.0 Å². The summed E-state index contributed by atoms with van der Waals surface area (Å²) in [4.78, 5) is 11.8. The minimum absolute atomic E-state index is 0.0527. The van der Waals surface area contributed by atoms with Crippen LogP contribution in [-0.2, 0) is 6.42 Å². The highest BCUT2D eigenvalue weighted by Crippen LogP contribution is 2.12. The molecule has 0 bridgehead atoms. The Bertz CT molecular complexity index is 593. The van der Waals surface area contributed by atoms with Gasteiger partial charge < -0.3 is 0 Å². The van der Waals surface area contributed by atoms with Crippen molar-refractivity contribution < 1.29 is 18.0 Å². The molecule has 2 aromatic carbocycles. The number of hydrogen-bond donors (Lipinski definition) is 0. The van der Waals surface area contributed by atoms with Crippen molar-refractivity contribution in [3.63, 3.8) is 0 Å². The van der Waals surface area contributed by atoms with E-state index in [1.807, 2.05) is 0 Å². The Hall–Kier alpha value is -2.10. The third-order valence-electron chi connectivity index (χ3n) is 2.50. The molecule has 0 saturated carbocycles. The topological polar surface area (TPSA) is 17.1 Å². The zero-order chi connectivity index (χ0) is 13.1. The van der Waals surface area contributed by atoms with E-state index in [9.17, 15) is 18.0 Å². The van der Waals surface area contributed by atoms with Crippen molar-refractivity contribution in [2.45, 2.75) is 6.42 Å². The number of hydrogen-bond acceptors (Lipinski definition) is 1. The Kier molecular flexibility index (Phi) is 3.46. The highest BCUT2D eigenvalue weighted by Gasteiger charge is 2.10. The van der Waals surface area contributed by atoms with Crippen molar-refractivity contribution in [3.05, 3.63) is 71.0 Å². The summed E-state index contributed by atoms with van der Waals surface area (Å²) in [6.45, 7) is 0. The second kappa shape index (κ2) is 5.04. The zero-order valence-corrected chi connectivity index (χ0v) is 9.29. The third kappa shape index (κ3) is 2.77. The largest absolute Gasteiger partial charge is 0.294 e. The summed E-state index contributed by atoms with van der Waals surface area (Å²) >= 11 is 0. The van der Waals surface area contributed by atoms with E-state index in [0.717, 1.165) is 12.1 Å². The van der Waals surface area contributed by atoms with Crippen LogP contribution >= 0.6 is 0 Å². The lowest BCUT2D eigenvalue weighted by molar-refractivity contribution is 0.0992. The molecule has 0 unspecified atom stereocenters. The monoisotopic (exact) mass is 250 g/mol. The van der Waals surface area contributed by atoms with E-state index in [1.165, 1.54) is 24.3 Å². The predicted molar refractivity (Wildman–Crippen MR) is 60.8 cm³/mol. The maximum atomic E-state index is 13.0. The van der Waals surface area contributed by atoms with Gasteiger partial charge in [0.05, 0.1) is 0 Å². The van der Waals surface area contributed by atoms with Crippen LogP contribution in [0.4, 0.5) is 13.2 Å². The molecule has 0 N–H and O–H groups in total. The second-order valence-electron chi connectivity index (χ2n) is 3.86. The van der Waals surface area contributed by atoms with Crippen molar-refractivity contribution in [1.82, 2.24) is 0 Å². The maximum absolute atomic E-state index is 13.0. The van der Waals surface area contributed by atoms with Gasteiger partial charge in [-0.15, -0.1) is 0 Å². The van der Waals surface area contributed by atoms with Crippen molar-refractivity contribution >= 4 is 5.78 Å². The van der Waals surface area contributed by atoms with Crippen molar-refractivity contribution in [1.29, 1.82) is 0 Å². The molecule has 2 rings (SSSR count). The average Bonchev–Trinajstić information content (AvgIpc) is 2.32. The first-order valence-electron chi connectivity index (χ1n) is 5.29. The standard InChI is InChI=1S/C14H9F3O/c15-11-3-1-2-9(6-11)7-14(18)10-4-5-12(16)13(17)8-10/h1-6,8H,7H2. The summed E-state index contributed by atoms with van der Waals surface area (Å²) in [7, 11) is 0. The summed E-state index contributed by atoms with van der Waals surface area (Å²) in [6.07, 6.45) is -0.0527. The number of ketones is 1. The van der Waals surface area contributed by atoms with E-state index in [2.05, 4.69) is 0 Å². The Balaban J connectivity index is 2.19. The number of carbonyl (C=O) groups is 1. The van der Waals surface area contributed by atoms with Crippen LogP contribution in [0.3, 0.4) is 0 Å². The van der Waals surface area contributed by atoms with Gasteiger partial charge in [-0.05, 0) is 35.9 Å². The Morgan fingerprint density at radius 3 is 2.39 bits per heavy atom. The fraction of sp³-hybridized carbons (Fsp3) is 0.0714. The molecule has 0 amide bonds. The van der Waals surface area contributed by atoms with Gasteiger partial charge in [-0.1, -0.05) is 12.1 Å². The van der Waals surface area contributed by atoms with Gasteiger partial charge in [0.25, 0.3) is 0 Å². The molecule has 92 valence electrons. The highest BCUT2D eigenvalue weighted by atomic mass is 19.2. The van der Waals surface area contributed by atoms with E-state index in [0.29, 0.717) is 5.56 Å². The third-order valence-corrected chi connectivity index (χ3v) is 2.50. The summed E-state index contributed by atoms with van der Waals surface area (Å²) in [5.41, 5.74) is 0.558. The molecule has 0 radical (unpaired) electrons. The van der Waals surface area contributed by atoms with E-state index < -0.39 is 17.5 Å². The van der Waals surface area contributed by atoms with Gasteiger partial charge in [-0.2, -0.15) is 0 Å². The quantitative estimate of drug-likeness (QED) is 0.761. The summed E-state index contributed by atoms with van der Waals surface area (Å²) < 4.78 is 38.6. The van der Waals surface area contributed by atoms with Gasteiger partial charge in [-0.25, -0.2) is 13.2 Å². The van der Waals surface area contributed by atoms with E-state index >= 15 is 0 Å². The minimum Gasteiger partial charge on any atom is -0.294 e. The first-order chi connectivity index (χ1) is 8.56. The highest BCUT2D eigenvalue weighted by molar-refractivity contribution is 5.97. The van der Waals surface area contributed by atoms with Crippen LogP contribution in [0.15, 0.2) is 42.5 Å². The van der Waals surface area contributed by atoms with Gasteiger partial charge in [0.2, 0.25) is 0 Å². The molecule has 0 aromatic heterocycles. The fourth-order valence-electron chi connectivity index (χ4n) is 1.60. The lowest BCUT2D eigenvalue weighted by Gasteiger charge is -2.02. The molecule has 0 aliphatic carbocycles. The molecule has 0 aliphatic heterocycles. The van der Waals surface area contributed by atoms with E-state index in [1.54, 1.807) is 6.07 Å². The SMILES string of the molecule is O=C(Cc1cccc(F)c1)c1ccc(F)c(F)c1. The normalized spacial score (nSPS) is 10.4. The fourth-order valence-corrected chi connectivity index (χ4v) is 1.60. The Labute approximate surface area is 102 Å². The summed E-state index contributed by atoms with van der Waals surface area (Å²) in [5, 5.41) is 0. The van der Waals surface area contributed by atoms with E-state index in [4.69, 9.17) is 0 Å². The van der Waals surface area contributed by atoms with Gasteiger partial charge in [-0.3, -0.25) is 4.79 Å². The molecule has 0 saturated heterocycles. The van der Waals surface area contributed by atoms with Crippen molar-refractivity contribution in [2.75, 3.05) is 0 Å².